The number of benzene rings is 1. The maximum absolute atomic E-state index is 9.38. The Balaban J connectivity index is 3.24. The molecule has 0 saturated heterocycles. The van der Waals surface area contributed by atoms with Crippen LogP contribution in [0.2, 0.25) is 0 Å². The Morgan fingerprint density at radius 2 is 2.00 bits per heavy atom. The van der Waals surface area contributed by atoms with E-state index in [9.17, 15) is 5.11 Å². The summed E-state index contributed by atoms with van der Waals surface area (Å²) in [4.78, 5) is 2.40. The highest BCUT2D eigenvalue weighted by atomic mass is 35.5. The lowest BCUT2D eigenvalue weighted by Crippen LogP contribution is -1.85. The molecule has 2 N–H and O–H groups in total. The van der Waals surface area contributed by atoms with Crippen LogP contribution in [-0.2, 0) is 0 Å². The number of phenolic OH excluding ortho intramolecular Hbond substituents is 1. The third-order valence-electron chi connectivity index (χ3n) is 1.55. The van der Waals surface area contributed by atoms with Gasteiger partial charge in [-0.05, 0) is 31.0 Å². The highest BCUT2D eigenvalue weighted by molar-refractivity contribution is 6.24. The van der Waals surface area contributed by atoms with Crippen molar-refractivity contribution in [3.63, 3.8) is 0 Å². The lowest BCUT2D eigenvalue weighted by molar-refractivity contribution is 0.473. The highest BCUT2D eigenvalue weighted by Gasteiger charge is 2.02. The fourth-order valence-electron chi connectivity index (χ4n) is 1.03. The van der Waals surface area contributed by atoms with Gasteiger partial charge < -0.3 is 5.11 Å². The maximum Gasteiger partial charge on any atom is 0.142 e. The molecular weight excluding hydrogens is 162 g/mol. The van der Waals surface area contributed by atoms with E-state index in [4.69, 9.17) is 11.8 Å². The van der Waals surface area contributed by atoms with E-state index < -0.39 is 0 Å². The van der Waals surface area contributed by atoms with Crippen molar-refractivity contribution in [3.8, 4) is 5.75 Å². The molecule has 2 nitrogen and oxygen atoms in total. The minimum atomic E-state index is 0.214. The van der Waals surface area contributed by atoms with Crippen LogP contribution in [-0.4, -0.2) is 5.11 Å². The minimum Gasteiger partial charge on any atom is -0.505 e. The van der Waals surface area contributed by atoms with E-state index in [1.165, 1.54) is 0 Å². The van der Waals surface area contributed by atoms with Gasteiger partial charge in [-0.1, -0.05) is 6.07 Å². The van der Waals surface area contributed by atoms with Gasteiger partial charge in [-0.15, -0.1) is 0 Å². The highest BCUT2D eigenvalue weighted by Crippen LogP contribution is 2.28. The Morgan fingerprint density at radius 1 is 1.36 bits per heavy atom. The van der Waals surface area contributed by atoms with Crippen LogP contribution in [0.1, 0.15) is 11.1 Å². The summed E-state index contributed by atoms with van der Waals surface area (Å²) in [5, 5.41) is 9.38. The molecule has 1 aromatic rings. The van der Waals surface area contributed by atoms with Crippen LogP contribution in [0.15, 0.2) is 12.1 Å². The Kier molecular flexibility index (Phi) is 2.25. The lowest BCUT2D eigenvalue weighted by Gasteiger charge is -2.05. The first-order chi connectivity index (χ1) is 5.15. The molecule has 11 heavy (non-hydrogen) atoms. The normalized spacial score (nSPS) is 9.73. The average Bonchev–Trinajstić information content (AvgIpc) is 1.96. The van der Waals surface area contributed by atoms with Gasteiger partial charge in [0.1, 0.15) is 5.75 Å². The summed E-state index contributed by atoms with van der Waals surface area (Å²) in [5.74, 6) is 0.214. The lowest BCUT2D eigenvalue weighted by atomic mass is 10.1. The molecule has 0 amide bonds. The van der Waals surface area contributed by atoms with Crippen molar-refractivity contribution < 1.29 is 5.11 Å². The quantitative estimate of drug-likeness (QED) is 0.503. The zero-order chi connectivity index (χ0) is 8.43. The number of halogens is 1. The van der Waals surface area contributed by atoms with E-state index in [0.29, 0.717) is 5.69 Å². The summed E-state index contributed by atoms with van der Waals surface area (Å²) in [5.41, 5.74) is 2.46. The van der Waals surface area contributed by atoms with Gasteiger partial charge in [0.25, 0.3) is 0 Å². The van der Waals surface area contributed by atoms with Crippen LogP contribution in [0.25, 0.3) is 0 Å². The summed E-state index contributed by atoms with van der Waals surface area (Å²) in [7, 11) is 0. The standard InChI is InChI=1S/C8H10ClNO/c1-5-3-6(2)8(11)7(4-5)10-9/h3-4,10-11H,1-2H3. The molecule has 1 rings (SSSR count). The van der Waals surface area contributed by atoms with Crippen molar-refractivity contribution in [2.75, 3.05) is 4.84 Å². The summed E-state index contributed by atoms with van der Waals surface area (Å²) in [6, 6.07) is 3.68. The molecule has 0 fully saturated rings. The summed E-state index contributed by atoms with van der Waals surface area (Å²) in [6.07, 6.45) is 0. The number of aromatic hydroxyl groups is 1. The number of hydrogen-bond donors (Lipinski definition) is 2. The predicted octanol–water partition coefficient (Wildman–Crippen LogP) is 2.57. The van der Waals surface area contributed by atoms with Crippen molar-refractivity contribution in [1.29, 1.82) is 0 Å². The molecule has 1 aromatic carbocycles. The Labute approximate surface area is 70.9 Å². The van der Waals surface area contributed by atoms with Gasteiger partial charge in [0, 0.05) is 11.8 Å². The van der Waals surface area contributed by atoms with Crippen LogP contribution in [0.5, 0.6) is 5.75 Å². The average molecular weight is 172 g/mol. The van der Waals surface area contributed by atoms with E-state index in [0.717, 1.165) is 11.1 Å². The second-order valence-corrected chi connectivity index (χ2v) is 2.76. The van der Waals surface area contributed by atoms with Gasteiger partial charge in [0.05, 0.1) is 5.69 Å². The smallest absolute Gasteiger partial charge is 0.142 e. The Hall–Kier alpha value is -0.890. The molecule has 0 bridgehead atoms. The number of aryl methyl sites for hydroxylation is 2. The third kappa shape index (κ3) is 1.57. The molecule has 0 spiro atoms. The first-order valence-corrected chi connectivity index (χ1v) is 3.70. The second-order valence-electron chi connectivity index (χ2n) is 2.57. The van der Waals surface area contributed by atoms with Crippen LogP contribution in [0.4, 0.5) is 5.69 Å². The number of anilines is 1. The maximum atomic E-state index is 9.38. The number of rotatable bonds is 1. The van der Waals surface area contributed by atoms with Gasteiger partial charge in [0.2, 0.25) is 0 Å². The Morgan fingerprint density at radius 3 is 2.55 bits per heavy atom. The van der Waals surface area contributed by atoms with E-state index in [1.54, 1.807) is 6.07 Å². The minimum absolute atomic E-state index is 0.214. The fraction of sp³-hybridized carbons (Fsp3) is 0.250. The SMILES string of the molecule is Cc1cc(C)c(O)c(NCl)c1. The van der Waals surface area contributed by atoms with Crippen molar-refractivity contribution in [3.05, 3.63) is 23.3 Å². The zero-order valence-electron chi connectivity index (χ0n) is 6.48. The zero-order valence-corrected chi connectivity index (χ0v) is 7.24. The number of nitrogens with one attached hydrogen (secondary N) is 1. The molecule has 0 unspecified atom stereocenters. The van der Waals surface area contributed by atoms with E-state index in [2.05, 4.69) is 4.84 Å². The Bertz CT molecular complexity index is 273. The number of phenols is 1. The predicted molar refractivity (Wildman–Crippen MR) is 47.1 cm³/mol. The van der Waals surface area contributed by atoms with Crippen LogP contribution < -0.4 is 4.84 Å². The van der Waals surface area contributed by atoms with Crippen molar-refractivity contribution in [2.24, 2.45) is 0 Å². The molecule has 0 aliphatic heterocycles. The summed E-state index contributed by atoms with van der Waals surface area (Å²) in [6.45, 7) is 3.78. The molecule has 0 saturated carbocycles. The van der Waals surface area contributed by atoms with Gasteiger partial charge in [-0.2, -0.15) is 0 Å². The van der Waals surface area contributed by atoms with Crippen molar-refractivity contribution in [1.82, 2.24) is 0 Å². The van der Waals surface area contributed by atoms with E-state index in [1.807, 2.05) is 19.9 Å². The molecule has 60 valence electrons. The van der Waals surface area contributed by atoms with Crippen molar-refractivity contribution >= 4 is 17.5 Å². The van der Waals surface area contributed by atoms with E-state index >= 15 is 0 Å². The topological polar surface area (TPSA) is 32.3 Å². The van der Waals surface area contributed by atoms with Crippen LogP contribution in [0, 0.1) is 13.8 Å². The summed E-state index contributed by atoms with van der Waals surface area (Å²) >= 11 is 5.37. The molecule has 0 aliphatic rings. The van der Waals surface area contributed by atoms with Gasteiger partial charge in [0.15, 0.2) is 0 Å². The van der Waals surface area contributed by atoms with Gasteiger partial charge >= 0.3 is 0 Å². The van der Waals surface area contributed by atoms with Crippen LogP contribution >= 0.6 is 11.8 Å². The molecule has 0 radical (unpaired) electrons. The molecular formula is C8H10ClNO. The first kappa shape index (κ1) is 8.21. The van der Waals surface area contributed by atoms with Gasteiger partial charge in [-0.3, -0.25) is 4.84 Å². The second kappa shape index (κ2) is 3.01. The fourth-order valence-corrected chi connectivity index (χ4v) is 1.18. The third-order valence-corrected chi connectivity index (χ3v) is 1.75. The van der Waals surface area contributed by atoms with Crippen molar-refractivity contribution in [2.45, 2.75) is 13.8 Å². The van der Waals surface area contributed by atoms with Gasteiger partial charge in [-0.25, -0.2) is 0 Å². The molecule has 3 heteroatoms. The number of hydrogen-bond acceptors (Lipinski definition) is 2. The first-order valence-electron chi connectivity index (χ1n) is 3.32. The molecule has 0 heterocycles. The molecule has 0 aromatic heterocycles. The monoisotopic (exact) mass is 171 g/mol. The van der Waals surface area contributed by atoms with E-state index in [-0.39, 0.29) is 5.75 Å². The molecule has 0 aliphatic carbocycles. The summed E-state index contributed by atoms with van der Waals surface area (Å²) < 4.78 is 0. The van der Waals surface area contributed by atoms with Crippen LogP contribution in [0.3, 0.4) is 0 Å². The molecule has 0 atom stereocenters. The largest absolute Gasteiger partial charge is 0.505 e.